The number of pyridine rings is 1. The maximum Gasteiger partial charge on any atom is 0.223 e. The van der Waals surface area contributed by atoms with Crippen molar-refractivity contribution in [2.75, 3.05) is 13.2 Å². The molecule has 0 radical (unpaired) electrons. The van der Waals surface area contributed by atoms with Gasteiger partial charge in [-0.2, -0.15) is 0 Å². The first kappa shape index (κ1) is 24.9. The van der Waals surface area contributed by atoms with E-state index in [9.17, 15) is 9.18 Å². The number of benzene rings is 2. The van der Waals surface area contributed by atoms with Crippen LogP contribution in [0.3, 0.4) is 0 Å². The zero-order valence-electron chi connectivity index (χ0n) is 21.2. The van der Waals surface area contributed by atoms with Crippen molar-refractivity contribution in [1.29, 1.82) is 0 Å². The lowest BCUT2D eigenvalue weighted by Crippen LogP contribution is -2.37. The van der Waals surface area contributed by atoms with E-state index in [0.29, 0.717) is 25.5 Å². The lowest BCUT2D eigenvalue weighted by molar-refractivity contribution is -0.134. The van der Waals surface area contributed by atoms with Crippen LogP contribution < -0.4 is 4.74 Å². The molecule has 2 unspecified atom stereocenters. The number of halogens is 1. The summed E-state index contributed by atoms with van der Waals surface area (Å²) in [5, 5.41) is 0. The highest BCUT2D eigenvalue weighted by molar-refractivity contribution is 5.77. The number of ether oxygens (including phenoxy) is 1. The third-order valence-electron chi connectivity index (χ3n) is 7.07. The van der Waals surface area contributed by atoms with Gasteiger partial charge in [-0.3, -0.25) is 4.79 Å². The zero-order valence-corrected chi connectivity index (χ0v) is 21.2. The third-order valence-corrected chi connectivity index (χ3v) is 7.07. The van der Waals surface area contributed by atoms with Crippen LogP contribution >= 0.6 is 0 Å². The lowest BCUT2D eigenvalue weighted by atomic mass is 9.96. The van der Waals surface area contributed by atoms with E-state index in [1.807, 2.05) is 37.8 Å². The van der Waals surface area contributed by atoms with Crippen molar-refractivity contribution in [3.8, 4) is 5.88 Å². The number of nitrogens with zero attached hydrogens (tertiary/aromatic N) is 2. The van der Waals surface area contributed by atoms with Crippen LogP contribution in [0.2, 0.25) is 0 Å². The molecule has 35 heavy (non-hydrogen) atoms. The maximum atomic E-state index is 13.6. The predicted octanol–water partition coefficient (Wildman–Crippen LogP) is 6.49. The van der Waals surface area contributed by atoms with E-state index in [1.54, 1.807) is 12.1 Å². The largest absolute Gasteiger partial charge is 0.476 e. The SMILES string of the molecule is Cc1ccc(C)c(OCCN(C(=O)CC(C)c2ccc(F)cc2)C(C)c2ccc3c(c2)CCC3)n1. The van der Waals surface area contributed by atoms with Gasteiger partial charge in [0.25, 0.3) is 0 Å². The first-order valence-corrected chi connectivity index (χ1v) is 12.6. The van der Waals surface area contributed by atoms with Gasteiger partial charge in [-0.1, -0.05) is 43.3 Å². The van der Waals surface area contributed by atoms with Crippen molar-refractivity contribution >= 4 is 5.91 Å². The van der Waals surface area contributed by atoms with Gasteiger partial charge in [0.1, 0.15) is 12.4 Å². The summed E-state index contributed by atoms with van der Waals surface area (Å²) in [5.41, 5.74) is 6.81. The number of carbonyl (C=O) groups is 1. The average molecular weight is 475 g/mol. The minimum atomic E-state index is -0.267. The van der Waals surface area contributed by atoms with Crippen molar-refractivity contribution in [3.05, 3.63) is 93.9 Å². The Labute approximate surface area is 208 Å². The van der Waals surface area contributed by atoms with Crippen LogP contribution in [0.15, 0.2) is 54.6 Å². The van der Waals surface area contributed by atoms with Gasteiger partial charge in [0, 0.05) is 17.7 Å². The molecule has 1 aromatic heterocycles. The summed E-state index contributed by atoms with van der Waals surface area (Å²) in [6.45, 7) is 8.84. The van der Waals surface area contributed by atoms with E-state index < -0.39 is 0 Å². The fourth-order valence-electron chi connectivity index (χ4n) is 4.84. The highest BCUT2D eigenvalue weighted by Gasteiger charge is 2.25. The summed E-state index contributed by atoms with van der Waals surface area (Å²) >= 11 is 0. The van der Waals surface area contributed by atoms with Gasteiger partial charge in [0.15, 0.2) is 0 Å². The van der Waals surface area contributed by atoms with Crippen molar-refractivity contribution < 1.29 is 13.9 Å². The lowest BCUT2D eigenvalue weighted by Gasteiger charge is -2.31. The summed E-state index contributed by atoms with van der Waals surface area (Å²) in [6, 6.07) is 16.9. The molecular weight excluding hydrogens is 439 g/mol. The van der Waals surface area contributed by atoms with Crippen molar-refractivity contribution in [2.45, 2.75) is 65.3 Å². The second-order valence-corrected chi connectivity index (χ2v) is 9.72. The number of aryl methyl sites for hydroxylation is 4. The quantitative estimate of drug-likeness (QED) is 0.356. The van der Waals surface area contributed by atoms with Crippen LogP contribution in [-0.4, -0.2) is 28.9 Å². The molecule has 0 fully saturated rings. The Morgan fingerprint density at radius 1 is 1.00 bits per heavy atom. The number of fused-ring (bicyclic) bond motifs is 1. The Kier molecular flexibility index (Phi) is 7.84. The normalized spacial score (nSPS) is 14.3. The smallest absolute Gasteiger partial charge is 0.223 e. The van der Waals surface area contributed by atoms with E-state index >= 15 is 0 Å². The number of rotatable bonds is 9. The van der Waals surface area contributed by atoms with Crippen LogP contribution in [0.25, 0.3) is 0 Å². The topological polar surface area (TPSA) is 42.4 Å². The fraction of sp³-hybridized carbons (Fsp3) is 0.400. The molecule has 1 aliphatic rings. The summed E-state index contributed by atoms with van der Waals surface area (Å²) < 4.78 is 19.4. The number of carbonyl (C=O) groups excluding carboxylic acids is 1. The molecule has 1 amide bonds. The van der Waals surface area contributed by atoms with Crippen molar-refractivity contribution in [2.24, 2.45) is 0 Å². The van der Waals surface area contributed by atoms with E-state index in [-0.39, 0.29) is 23.7 Å². The highest BCUT2D eigenvalue weighted by atomic mass is 19.1. The van der Waals surface area contributed by atoms with Gasteiger partial charge in [-0.25, -0.2) is 9.37 Å². The van der Waals surface area contributed by atoms with Crippen molar-refractivity contribution in [3.63, 3.8) is 0 Å². The first-order valence-electron chi connectivity index (χ1n) is 12.6. The molecule has 3 aromatic rings. The fourth-order valence-corrected chi connectivity index (χ4v) is 4.84. The monoisotopic (exact) mass is 474 g/mol. The molecule has 4 nitrogen and oxygen atoms in total. The Morgan fingerprint density at radius 2 is 1.71 bits per heavy atom. The van der Waals surface area contributed by atoms with Gasteiger partial charge in [0.05, 0.1) is 12.6 Å². The minimum Gasteiger partial charge on any atom is -0.476 e. The average Bonchev–Trinajstić information content (AvgIpc) is 3.32. The van der Waals surface area contributed by atoms with Crippen LogP contribution in [0.4, 0.5) is 4.39 Å². The zero-order chi connectivity index (χ0) is 24.9. The molecule has 0 N–H and O–H groups in total. The third kappa shape index (κ3) is 6.08. The number of hydrogen-bond donors (Lipinski definition) is 0. The molecule has 4 rings (SSSR count). The van der Waals surface area contributed by atoms with Gasteiger partial charge >= 0.3 is 0 Å². The van der Waals surface area contributed by atoms with Gasteiger partial charge in [-0.05, 0) is 86.4 Å². The van der Waals surface area contributed by atoms with E-state index in [4.69, 9.17) is 4.74 Å². The molecule has 1 aliphatic carbocycles. The predicted molar refractivity (Wildman–Crippen MR) is 137 cm³/mol. The summed E-state index contributed by atoms with van der Waals surface area (Å²) in [4.78, 5) is 20.0. The first-order chi connectivity index (χ1) is 16.8. The highest BCUT2D eigenvalue weighted by Crippen LogP contribution is 2.30. The molecule has 0 spiro atoms. The van der Waals surface area contributed by atoms with E-state index in [1.165, 1.54) is 29.7 Å². The number of hydrogen-bond acceptors (Lipinski definition) is 3. The summed E-state index contributed by atoms with van der Waals surface area (Å²) in [5.74, 6) is 0.394. The number of aromatic nitrogens is 1. The Morgan fingerprint density at radius 3 is 2.49 bits per heavy atom. The van der Waals surface area contributed by atoms with Crippen LogP contribution in [0, 0.1) is 19.7 Å². The second kappa shape index (κ2) is 11.0. The molecule has 0 saturated heterocycles. The molecule has 1 heterocycles. The van der Waals surface area contributed by atoms with Crippen LogP contribution in [0.5, 0.6) is 5.88 Å². The summed E-state index contributed by atoms with van der Waals surface area (Å²) in [7, 11) is 0. The van der Waals surface area contributed by atoms with E-state index in [0.717, 1.165) is 35.2 Å². The molecular formula is C30H35FN2O2. The van der Waals surface area contributed by atoms with Gasteiger partial charge < -0.3 is 9.64 Å². The Hall–Kier alpha value is -3.21. The minimum absolute atomic E-state index is 0.0144. The summed E-state index contributed by atoms with van der Waals surface area (Å²) in [6.07, 6.45) is 3.79. The molecule has 5 heteroatoms. The Bertz CT molecular complexity index is 1180. The molecule has 2 atom stereocenters. The second-order valence-electron chi connectivity index (χ2n) is 9.72. The maximum absolute atomic E-state index is 13.6. The molecule has 0 aliphatic heterocycles. The standard InChI is InChI=1S/C30H35FN2O2/c1-20-8-9-22(3)32-30(20)35-17-16-33(23(4)26-11-10-25-6-5-7-27(25)19-26)29(34)18-21(2)24-12-14-28(31)15-13-24/h8-15,19,21,23H,5-7,16-18H2,1-4H3. The Balaban J connectivity index is 1.51. The van der Waals surface area contributed by atoms with Gasteiger partial charge in [0.2, 0.25) is 11.8 Å². The molecule has 0 bridgehead atoms. The van der Waals surface area contributed by atoms with Crippen molar-refractivity contribution in [1.82, 2.24) is 9.88 Å². The molecule has 2 aromatic carbocycles. The molecule has 0 saturated carbocycles. The number of amides is 1. The van der Waals surface area contributed by atoms with E-state index in [2.05, 4.69) is 30.1 Å². The molecule has 184 valence electrons. The van der Waals surface area contributed by atoms with Gasteiger partial charge in [-0.15, -0.1) is 0 Å². The van der Waals surface area contributed by atoms with Crippen LogP contribution in [-0.2, 0) is 17.6 Å². The van der Waals surface area contributed by atoms with Crippen LogP contribution in [0.1, 0.15) is 72.2 Å².